The van der Waals surface area contributed by atoms with E-state index >= 15 is 0 Å². The number of benzene rings is 1. The van der Waals surface area contributed by atoms with Gasteiger partial charge in [-0.2, -0.15) is 0 Å². The fourth-order valence-electron chi connectivity index (χ4n) is 1.89. The number of carbonyl (C=O) groups excluding carboxylic acids is 1. The molecule has 19 heavy (non-hydrogen) atoms. The summed E-state index contributed by atoms with van der Waals surface area (Å²) in [6.45, 7) is 3.40. The number of anilines is 1. The van der Waals surface area contributed by atoms with E-state index in [1.165, 1.54) is 6.07 Å². The minimum absolute atomic E-state index is 0.181. The Morgan fingerprint density at radius 2 is 2.26 bits per heavy atom. The molecule has 0 aromatic heterocycles. The zero-order chi connectivity index (χ0) is 13.8. The molecule has 6 nitrogen and oxygen atoms in total. The Labute approximate surface area is 110 Å². The van der Waals surface area contributed by atoms with Crippen LogP contribution in [-0.2, 0) is 9.53 Å². The maximum Gasteiger partial charge on any atom is 0.336 e. The summed E-state index contributed by atoms with van der Waals surface area (Å²) in [6, 6.07) is 4.79. The SMILES string of the molecule is Cc1ccc(NC(=O)C2CNCCO2)cc1C(=O)O. The molecule has 0 saturated carbocycles. The Balaban J connectivity index is 2.08. The third-order valence-corrected chi connectivity index (χ3v) is 2.96. The van der Waals surface area contributed by atoms with E-state index in [2.05, 4.69) is 10.6 Å². The lowest BCUT2D eigenvalue weighted by atomic mass is 10.1. The molecule has 0 bridgehead atoms. The monoisotopic (exact) mass is 264 g/mol. The normalized spacial score (nSPS) is 18.9. The first-order valence-corrected chi connectivity index (χ1v) is 6.05. The maximum atomic E-state index is 11.9. The second-order valence-electron chi connectivity index (χ2n) is 4.39. The number of nitrogens with one attached hydrogen (secondary N) is 2. The fourth-order valence-corrected chi connectivity index (χ4v) is 1.89. The van der Waals surface area contributed by atoms with Gasteiger partial charge in [-0.15, -0.1) is 0 Å². The van der Waals surface area contributed by atoms with E-state index in [4.69, 9.17) is 9.84 Å². The molecule has 0 radical (unpaired) electrons. The van der Waals surface area contributed by atoms with Crippen molar-refractivity contribution >= 4 is 17.6 Å². The van der Waals surface area contributed by atoms with E-state index in [1.807, 2.05) is 0 Å². The van der Waals surface area contributed by atoms with Gasteiger partial charge in [-0.3, -0.25) is 4.79 Å². The summed E-state index contributed by atoms with van der Waals surface area (Å²) in [4.78, 5) is 22.9. The van der Waals surface area contributed by atoms with Crippen molar-refractivity contribution in [3.05, 3.63) is 29.3 Å². The number of aromatic carboxylic acids is 1. The van der Waals surface area contributed by atoms with Crippen molar-refractivity contribution in [2.45, 2.75) is 13.0 Å². The van der Waals surface area contributed by atoms with Crippen LogP contribution in [0, 0.1) is 6.92 Å². The molecule has 1 heterocycles. The van der Waals surface area contributed by atoms with Crippen molar-refractivity contribution in [2.75, 3.05) is 25.0 Å². The number of carboxylic acid groups (broad SMARTS) is 1. The van der Waals surface area contributed by atoms with Gasteiger partial charge in [0.2, 0.25) is 0 Å². The highest BCUT2D eigenvalue weighted by Gasteiger charge is 2.22. The minimum Gasteiger partial charge on any atom is -0.478 e. The Morgan fingerprint density at radius 3 is 2.89 bits per heavy atom. The standard InChI is InChI=1S/C13H16N2O4/c1-8-2-3-9(6-10(8)13(17)18)15-12(16)11-7-14-4-5-19-11/h2-3,6,11,14H,4-5,7H2,1H3,(H,15,16)(H,17,18). The molecule has 0 aliphatic carbocycles. The highest BCUT2D eigenvalue weighted by atomic mass is 16.5. The molecular formula is C13H16N2O4. The number of carbonyl (C=O) groups is 2. The summed E-state index contributed by atoms with van der Waals surface area (Å²) in [5.74, 6) is -1.28. The highest BCUT2D eigenvalue weighted by Crippen LogP contribution is 2.16. The van der Waals surface area contributed by atoms with Gasteiger partial charge in [0.1, 0.15) is 6.10 Å². The van der Waals surface area contributed by atoms with Gasteiger partial charge in [0.15, 0.2) is 0 Å². The van der Waals surface area contributed by atoms with Gasteiger partial charge in [-0.25, -0.2) is 4.79 Å². The van der Waals surface area contributed by atoms with Gasteiger partial charge in [-0.1, -0.05) is 6.07 Å². The number of rotatable bonds is 3. The molecular weight excluding hydrogens is 248 g/mol. The number of morpholine rings is 1. The molecule has 1 unspecified atom stereocenters. The smallest absolute Gasteiger partial charge is 0.336 e. The van der Waals surface area contributed by atoms with Crippen molar-refractivity contribution in [3.8, 4) is 0 Å². The van der Waals surface area contributed by atoms with E-state index in [0.717, 1.165) is 6.54 Å². The van der Waals surface area contributed by atoms with Gasteiger partial charge in [-0.05, 0) is 24.6 Å². The van der Waals surface area contributed by atoms with Crippen molar-refractivity contribution < 1.29 is 19.4 Å². The number of hydrogen-bond donors (Lipinski definition) is 3. The van der Waals surface area contributed by atoms with Crippen LogP contribution in [0.1, 0.15) is 15.9 Å². The summed E-state index contributed by atoms with van der Waals surface area (Å²) in [5.41, 5.74) is 1.30. The van der Waals surface area contributed by atoms with Crippen LogP contribution < -0.4 is 10.6 Å². The number of aryl methyl sites for hydroxylation is 1. The van der Waals surface area contributed by atoms with Gasteiger partial charge in [0, 0.05) is 18.8 Å². The molecule has 2 rings (SSSR count). The average molecular weight is 264 g/mol. The van der Waals surface area contributed by atoms with E-state index < -0.39 is 12.1 Å². The molecule has 1 amide bonds. The van der Waals surface area contributed by atoms with Crippen LogP contribution in [0.2, 0.25) is 0 Å². The van der Waals surface area contributed by atoms with Gasteiger partial charge in [0.05, 0.1) is 12.2 Å². The molecule has 1 fully saturated rings. The molecule has 3 N–H and O–H groups in total. The lowest BCUT2D eigenvalue weighted by Crippen LogP contribution is -2.45. The van der Waals surface area contributed by atoms with Crippen molar-refractivity contribution in [3.63, 3.8) is 0 Å². The molecule has 0 spiro atoms. The summed E-state index contributed by atoms with van der Waals surface area (Å²) >= 11 is 0. The quantitative estimate of drug-likeness (QED) is 0.745. The lowest BCUT2D eigenvalue weighted by molar-refractivity contribution is -0.128. The second kappa shape index (κ2) is 5.81. The first-order valence-electron chi connectivity index (χ1n) is 6.05. The third kappa shape index (κ3) is 3.30. The molecule has 1 aromatic carbocycles. The number of ether oxygens (including phenoxy) is 1. The molecule has 1 aliphatic rings. The van der Waals surface area contributed by atoms with Gasteiger partial charge in [0.25, 0.3) is 5.91 Å². The first kappa shape index (κ1) is 13.5. The first-order chi connectivity index (χ1) is 9.08. The Bertz CT molecular complexity index is 495. The van der Waals surface area contributed by atoms with Crippen LogP contribution in [0.4, 0.5) is 5.69 Å². The van der Waals surface area contributed by atoms with Crippen molar-refractivity contribution in [1.82, 2.24) is 5.32 Å². The summed E-state index contributed by atoms with van der Waals surface area (Å²) < 4.78 is 5.32. The number of amides is 1. The minimum atomic E-state index is -1.01. The summed E-state index contributed by atoms with van der Waals surface area (Å²) in [5, 5.41) is 14.8. The largest absolute Gasteiger partial charge is 0.478 e. The maximum absolute atomic E-state index is 11.9. The topological polar surface area (TPSA) is 87.7 Å². The third-order valence-electron chi connectivity index (χ3n) is 2.96. The van der Waals surface area contributed by atoms with Gasteiger partial charge < -0.3 is 20.5 Å². The van der Waals surface area contributed by atoms with Crippen LogP contribution in [0.15, 0.2) is 18.2 Å². The number of hydrogen-bond acceptors (Lipinski definition) is 4. The van der Waals surface area contributed by atoms with E-state index in [1.54, 1.807) is 19.1 Å². The van der Waals surface area contributed by atoms with Crippen molar-refractivity contribution in [1.29, 1.82) is 0 Å². The molecule has 1 aromatic rings. The van der Waals surface area contributed by atoms with Gasteiger partial charge >= 0.3 is 5.97 Å². The molecule has 1 atom stereocenters. The van der Waals surface area contributed by atoms with E-state index in [9.17, 15) is 9.59 Å². The molecule has 1 aliphatic heterocycles. The Morgan fingerprint density at radius 1 is 1.47 bits per heavy atom. The van der Waals surface area contributed by atoms with E-state index in [-0.39, 0.29) is 11.5 Å². The van der Waals surface area contributed by atoms with E-state index in [0.29, 0.717) is 24.4 Å². The van der Waals surface area contributed by atoms with Crippen LogP contribution in [0.25, 0.3) is 0 Å². The number of carboxylic acids is 1. The fraction of sp³-hybridized carbons (Fsp3) is 0.385. The van der Waals surface area contributed by atoms with Crippen LogP contribution >= 0.6 is 0 Å². The van der Waals surface area contributed by atoms with Crippen LogP contribution in [0.5, 0.6) is 0 Å². The average Bonchev–Trinajstić information content (AvgIpc) is 2.41. The second-order valence-corrected chi connectivity index (χ2v) is 4.39. The lowest BCUT2D eigenvalue weighted by Gasteiger charge is -2.22. The van der Waals surface area contributed by atoms with Crippen molar-refractivity contribution in [2.24, 2.45) is 0 Å². The Kier molecular flexibility index (Phi) is 4.13. The Hall–Kier alpha value is -1.92. The summed E-state index contributed by atoms with van der Waals surface area (Å²) in [6.07, 6.45) is -0.539. The molecule has 6 heteroatoms. The summed E-state index contributed by atoms with van der Waals surface area (Å²) in [7, 11) is 0. The molecule has 1 saturated heterocycles. The highest BCUT2D eigenvalue weighted by molar-refractivity contribution is 5.96. The predicted molar refractivity (Wildman–Crippen MR) is 69.4 cm³/mol. The molecule has 102 valence electrons. The zero-order valence-corrected chi connectivity index (χ0v) is 10.6. The zero-order valence-electron chi connectivity index (χ0n) is 10.6. The van der Waals surface area contributed by atoms with Crippen LogP contribution in [0.3, 0.4) is 0 Å². The predicted octanol–water partition coefficient (Wildman–Crippen LogP) is 0.620. The van der Waals surface area contributed by atoms with Crippen LogP contribution in [-0.4, -0.2) is 42.8 Å².